The minimum Gasteiger partial charge on any atom is -0.344 e. The molecule has 1 unspecified atom stereocenters. The Morgan fingerprint density at radius 2 is 1.60 bits per heavy atom. The maximum atomic E-state index is 12.8. The summed E-state index contributed by atoms with van der Waals surface area (Å²) in [7, 11) is 0. The Hall–Kier alpha value is -2.66. The van der Waals surface area contributed by atoms with Crippen molar-refractivity contribution in [3.05, 3.63) is 65.7 Å². The molecule has 0 aromatic heterocycles. The number of hydrogen-bond acceptors (Lipinski definition) is 3. The van der Waals surface area contributed by atoms with Gasteiger partial charge in [-0.15, -0.1) is 0 Å². The van der Waals surface area contributed by atoms with E-state index in [1.807, 2.05) is 56.3 Å². The first kappa shape index (κ1) is 22.0. The monoisotopic (exact) mass is 407 g/mol. The number of anilines is 1. The second-order valence-corrected chi connectivity index (χ2v) is 8.44. The Kier molecular flexibility index (Phi) is 8.03. The van der Waals surface area contributed by atoms with Gasteiger partial charge in [0, 0.05) is 12.2 Å². The Morgan fingerprint density at radius 3 is 2.23 bits per heavy atom. The van der Waals surface area contributed by atoms with Gasteiger partial charge < -0.3 is 15.5 Å². The number of carbonyl (C=O) groups is 2. The van der Waals surface area contributed by atoms with Crippen molar-refractivity contribution in [1.82, 2.24) is 10.2 Å². The van der Waals surface area contributed by atoms with Gasteiger partial charge in [0.15, 0.2) is 0 Å². The third-order valence-electron chi connectivity index (χ3n) is 5.61. The average Bonchev–Trinajstić information content (AvgIpc) is 3.25. The summed E-state index contributed by atoms with van der Waals surface area (Å²) in [5.41, 5.74) is 2.96. The molecule has 2 aromatic rings. The normalized spacial score (nSPS) is 15.2. The molecule has 3 rings (SSSR count). The van der Waals surface area contributed by atoms with E-state index in [0.29, 0.717) is 0 Å². The summed E-state index contributed by atoms with van der Waals surface area (Å²) in [5.74, 6) is -0.340. The van der Waals surface area contributed by atoms with E-state index in [9.17, 15) is 9.59 Å². The van der Waals surface area contributed by atoms with Gasteiger partial charge in [0.05, 0.1) is 6.42 Å². The first-order chi connectivity index (χ1) is 14.5. The number of hydrogen-bond donors (Lipinski definition) is 2. The van der Waals surface area contributed by atoms with Crippen molar-refractivity contribution < 1.29 is 9.59 Å². The number of nitrogens with zero attached hydrogens (tertiary/aromatic N) is 1. The molecule has 2 amide bonds. The fourth-order valence-corrected chi connectivity index (χ4v) is 3.81. The maximum Gasteiger partial charge on any atom is 0.247 e. The molecule has 1 fully saturated rings. The van der Waals surface area contributed by atoms with Gasteiger partial charge in [0.1, 0.15) is 6.04 Å². The van der Waals surface area contributed by atoms with Crippen LogP contribution in [0.3, 0.4) is 0 Å². The summed E-state index contributed by atoms with van der Waals surface area (Å²) in [4.78, 5) is 27.7. The molecule has 1 saturated heterocycles. The van der Waals surface area contributed by atoms with Gasteiger partial charge in [-0.1, -0.05) is 56.3 Å². The van der Waals surface area contributed by atoms with Crippen molar-refractivity contribution in [3.8, 4) is 0 Å². The number of likely N-dealkylation sites (tertiary alicyclic amines) is 1. The molecule has 1 aliphatic heterocycles. The second-order valence-electron chi connectivity index (χ2n) is 8.44. The number of carbonyl (C=O) groups excluding carboxylic acids is 2. The van der Waals surface area contributed by atoms with Crippen molar-refractivity contribution >= 4 is 17.5 Å². The molecular formula is C25H33N3O2. The average molecular weight is 408 g/mol. The van der Waals surface area contributed by atoms with Crippen molar-refractivity contribution in [2.75, 3.05) is 25.0 Å². The molecule has 160 valence electrons. The van der Waals surface area contributed by atoms with Gasteiger partial charge >= 0.3 is 0 Å². The topological polar surface area (TPSA) is 61.4 Å². The summed E-state index contributed by atoms with van der Waals surface area (Å²) >= 11 is 0. The van der Waals surface area contributed by atoms with Crippen molar-refractivity contribution in [1.29, 1.82) is 0 Å². The summed E-state index contributed by atoms with van der Waals surface area (Å²) in [6, 6.07) is 17.0. The lowest BCUT2D eigenvalue weighted by atomic mass is 10.0. The predicted octanol–water partition coefficient (Wildman–Crippen LogP) is 3.65. The Balaban J connectivity index is 1.51. The van der Waals surface area contributed by atoms with E-state index in [0.717, 1.165) is 24.2 Å². The Morgan fingerprint density at radius 1 is 0.933 bits per heavy atom. The van der Waals surface area contributed by atoms with E-state index < -0.39 is 6.04 Å². The maximum absolute atomic E-state index is 12.8. The van der Waals surface area contributed by atoms with Crippen LogP contribution < -0.4 is 10.6 Å². The van der Waals surface area contributed by atoms with Gasteiger partial charge in [-0.05, 0) is 61.5 Å². The van der Waals surface area contributed by atoms with E-state index in [4.69, 9.17) is 0 Å². The molecular weight excluding hydrogens is 374 g/mol. The van der Waals surface area contributed by atoms with Crippen LogP contribution in [0.1, 0.15) is 37.8 Å². The predicted molar refractivity (Wildman–Crippen MR) is 121 cm³/mol. The molecule has 0 radical (unpaired) electrons. The zero-order valence-electron chi connectivity index (χ0n) is 18.1. The molecule has 30 heavy (non-hydrogen) atoms. The summed E-state index contributed by atoms with van der Waals surface area (Å²) in [6.45, 7) is 7.39. The summed E-state index contributed by atoms with van der Waals surface area (Å²) < 4.78 is 0. The molecule has 5 nitrogen and oxygen atoms in total. The molecule has 1 atom stereocenters. The molecule has 0 spiro atoms. The minimum atomic E-state index is -0.573. The highest BCUT2D eigenvalue weighted by Gasteiger charge is 2.24. The number of benzene rings is 2. The first-order valence-electron chi connectivity index (χ1n) is 11.0. The molecule has 5 heteroatoms. The van der Waals surface area contributed by atoms with Crippen LogP contribution in [0.5, 0.6) is 0 Å². The van der Waals surface area contributed by atoms with Gasteiger partial charge in [-0.3, -0.25) is 9.59 Å². The smallest absolute Gasteiger partial charge is 0.247 e. The zero-order chi connectivity index (χ0) is 21.3. The van der Waals surface area contributed by atoms with Gasteiger partial charge in [-0.25, -0.2) is 0 Å². The van der Waals surface area contributed by atoms with E-state index in [-0.39, 0.29) is 24.2 Å². The Bertz CT molecular complexity index is 812. The molecule has 0 aliphatic carbocycles. The lowest BCUT2D eigenvalue weighted by Gasteiger charge is -2.22. The minimum absolute atomic E-state index is 0.00976. The first-order valence-corrected chi connectivity index (χ1v) is 11.0. The highest BCUT2D eigenvalue weighted by Crippen LogP contribution is 2.14. The van der Waals surface area contributed by atoms with Crippen LogP contribution in [-0.4, -0.2) is 42.4 Å². The molecule has 1 heterocycles. The van der Waals surface area contributed by atoms with Gasteiger partial charge in [-0.2, -0.15) is 0 Å². The fourth-order valence-electron chi connectivity index (χ4n) is 3.81. The highest BCUT2D eigenvalue weighted by atomic mass is 16.2. The van der Waals surface area contributed by atoms with Crippen LogP contribution in [0.4, 0.5) is 5.69 Å². The molecule has 1 aliphatic rings. The largest absolute Gasteiger partial charge is 0.344 e. The zero-order valence-corrected chi connectivity index (χ0v) is 18.1. The Labute approximate surface area is 179 Å². The summed E-state index contributed by atoms with van der Waals surface area (Å²) in [5, 5.41) is 5.84. The van der Waals surface area contributed by atoms with Crippen LogP contribution in [0.2, 0.25) is 0 Å². The highest BCUT2D eigenvalue weighted by molar-refractivity contribution is 5.97. The number of rotatable bonds is 9. The number of nitrogens with one attached hydrogen (secondary N) is 2. The van der Waals surface area contributed by atoms with Gasteiger partial charge in [0.2, 0.25) is 11.8 Å². The summed E-state index contributed by atoms with van der Waals surface area (Å²) in [6.07, 6.45) is 3.91. The number of amides is 2. The lowest BCUT2D eigenvalue weighted by molar-refractivity contribution is -0.127. The van der Waals surface area contributed by atoms with Crippen LogP contribution in [0.25, 0.3) is 0 Å². The standard InChI is InChI=1S/C25H33N3O2/c1-19(2)24(27-23(29)18-21-8-4-3-5-9-21)25(30)26-22-12-10-20(11-13-22)14-17-28-15-6-7-16-28/h3-5,8-13,19,24H,6-7,14-18H2,1-2H3,(H,26,30)(H,27,29). The van der Waals surface area contributed by atoms with Crippen LogP contribution in [0, 0.1) is 5.92 Å². The molecule has 2 aromatic carbocycles. The van der Waals surface area contributed by atoms with Gasteiger partial charge in [0.25, 0.3) is 0 Å². The lowest BCUT2D eigenvalue weighted by Crippen LogP contribution is -2.47. The molecule has 0 bridgehead atoms. The SMILES string of the molecule is CC(C)C(NC(=O)Cc1ccccc1)C(=O)Nc1ccc(CCN2CCCC2)cc1. The second kappa shape index (κ2) is 10.9. The third-order valence-corrected chi connectivity index (χ3v) is 5.61. The molecule has 2 N–H and O–H groups in total. The quantitative estimate of drug-likeness (QED) is 0.667. The van der Waals surface area contributed by atoms with Crippen LogP contribution in [0.15, 0.2) is 54.6 Å². The van der Waals surface area contributed by atoms with E-state index in [2.05, 4.69) is 27.7 Å². The van der Waals surface area contributed by atoms with Crippen molar-refractivity contribution in [2.24, 2.45) is 5.92 Å². The molecule has 0 saturated carbocycles. The van der Waals surface area contributed by atoms with E-state index in [1.165, 1.54) is 31.5 Å². The van der Waals surface area contributed by atoms with Crippen molar-refractivity contribution in [3.63, 3.8) is 0 Å². The van der Waals surface area contributed by atoms with Crippen LogP contribution >= 0.6 is 0 Å². The fraction of sp³-hybridized carbons (Fsp3) is 0.440. The van der Waals surface area contributed by atoms with Crippen LogP contribution in [-0.2, 0) is 22.4 Å². The third kappa shape index (κ3) is 6.70. The van der Waals surface area contributed by atoms with E-state index in [1.54, 1.807) is 0 Å². The van der Waals surface area contributed by atoms with Crippen molar-refractivity contribution in [2.45, 2.75) is 45.6 Å². The van der Waals surface area contributed by atoms with E-state index >= 15 is 0 Å².